The van der Waals surface area contributed by atoms with E-state index in [-0.39, 0.29) is 6.04 Å². The second kappa shape index (κ2) is 7.14. The molecule has 0 spiro atoms. The lowest BCUT2D eigenvalue weighted by molar-refractivity contribution is 0.258. The van der Waals surface area contributed by atoms with Gasteiger partial charge in [0.25, 0.3) is 0 Å². The Hall–Kier alpha value is -1.00. The molecule has 20 heavy (non-hydrogen) atoms. The van der Waals surface area contributed by atoms with Crippen LogP contribution in [0.2, 0.25) is 0 Å². The Labute approximate surface area is 120 Å². The number of hydrogen-bond donors (Lipinski definition) is 1. The van der Waals surface area contributed by atoms with Crippen molar-refractivity contribution in [2.75, 3.05) is 19.6 Å². The molecule has 0 amide bonds. The Morgan fingerprint density at radius 3 is 2.65 bits per heavy atom. The van der Waals surface area contributed by atoms with Crippen molar-refractivity contribution >= 4 is 0 Å². The maximum atomic E-state index is 13.9. The molecule has 0 heterocycles. The van der Waals surface area contributed by atoms with Gasteiger partial charge in [0.15, 0.2) is 11.6 Å². The molecular weight excluding hydrogens is 258 g/mol. The van der Waals surface area contributed by atoms with Crippen LogP contribution in [0.1, 0.15) is 44.7 Å². The normalized spacial score (nSPS) is 16.6. The topological polar surface area (TPSA) is 15.3 Å². The molecule has 1 aliphatic carbocycles. The summed E-state index contributed by atoms with van der Waals surface area (Å²) in [5, 5.41) is 3.27. The highest BCUT2D eigenvalue weighted by atomic mass is 19.2. The van der Waals surface area contributed by atoms with E-state index in [0.29, 0.717) is 11.6 Å². The summed E-state index contributed by atoms with van der Waals surface area (Å²) in [6.45, 7) is 6.84. The van der Waals surface area contributed by atoms with Crippen LogP contribution in [0.5, 0.6) is 0 Å². The Balaban J connectivity index is 2.04. The van der Waals surface area contributed by atoms with Crippen molar-refractivity contribution in [3.05, 3.63) is 35.4 Å². The zero-order chi connectivity index (χ0) is 14.5. The standard InChI is InChI=1S/C16H24F2N2/c1-3-19-15(10-11-20(4-2)12-8-9-12)13-6-5-7-14(17)16(13)18/h5-7,12,15,19H,3-4,8-11H2,1-2H3. The first-order valence-electron chi connectivity index (χ1n) is 7.58. The molecule has 0 bridgehead atoms. The molecule has 0 aliphatic heterocycles. The third-order valence-corrected chi connectivity index (χ3v) is 3.98. The largest absolute Gasteiger partial charge is 0.310 e. The quantitative estimate of drug-likeness (QED) is 0.785. The van der Waals surface area contributed by atoms with Gasteiger partial charge in [-0.2, -0.15) is 0 Å². The van der Waals surface area contributed by atoms with Gasteiger partial charge >= 0.3 is 0 Å². The third-order valence-electron chi connectivity index (χ3n) is 3.98. The van der Waals surface area contributed by atoms with Crippen molar-refractivity contribution in [3.63, 3.8) is 0 Å². The lowest BCUT2D eigenvalue weighted by Gasteiger charge is -2.25. The summed E-state index contributed by atoms with van der Waals surface area (Å²) < 4.78 is 27.3. The Bertz CT molecular complexity index is 432. The molecule has 1 aromatic carbocycles. The highest BCUT2D eigenvalue weighted by Gasteiger charge is 2.28. The van der Waals surface area contributed by atoms with Crippen molar-refractivity contribution in [1.29, 1.82) is 0 Å². The van der Waals surface area contributed by atoms with Crippen molar-refractivity contribution in [2.45, 2.75) is 45.2 Å². The number of halogens is 2. The average Bonchev–Trinajstić information content (AvgIpc) is 3.26. The molecule has 0 aromatic heterocycles. The minimum Gasteiger partial charge on any atom is -0.310 e. The number of hydrogen-bond acceptors (Lipinski definition) is 2. The fourth-order valence-electron chi connectivity index (χ4n) is 2.74. The molecule has 1 aliphatic rings. The first-order chi connectivity index (χ1) is 9.67. The van der Waals surface area contributed by atoms with E-state index in [4.69, 9.17) is 0 Å². The second-order valence-corrected chi connectivity index (χ2v) is 5.40. The molecule has 1 unspecified atom stereocenters. The molecule has 1 aromatic rings. The number of benzene rings is 1. The predicted molar refractivity (Wildman–Crippen MR) is 77.7 cm³/mol. The van der Waals surface area contributed by atoms with Crippen LogP contribution < -0.4 is 5.32 Å². The molecule has 2 nitrogen and oxygen atoms in total. The van der Waals surface area contributed by atoms with Crippen LogP contribution in [0.3, 0.4) is 0 Å². The van der Waals surface area contributed by atoms with E-state index in [0.717, 1.165) is 26.1 Å². The summed E-state index contributed by atoms with van der Waals surface area (Å²) in [7, 11) is 0. The van der Waals surface area contributed by atoms with Crippen LogP contribution in [0, 0.1) is 11.6 Å². The SMILES string of the molecule is CCNC(CCN(CC)C1CC1)c1cccc(F)c1F. The van der Waals surface area contributed by atoms with E-state index in [1.54, 1.807) is 12.1 Å². The van der Waals surface area contributed by atoms with Crippen LogP contribution in [0.25, 0.3) is 0 Å². The molecule has 1 saturated carbocycles. The Kier molecular flexibility index (Phi) is 5.49. The van der Waals surface area contributed by atoms with Crippen LogP contribution >= 0.6 is 0 Å². The average molecular weight is 282 g/mol. The van der Waals surface area contributed by atoms with Crippen molar-refractivity contribution in [1.82, 2.24) is 10.2 Å². The number of nitrogens with zero attached hydrogens (tertiary/aromatic N) is 1. The van der Waals surface area contributed by atoms with Gasteiger partial charge in [-0.15, -0.1) is 0 Å². The van der Waals surface area contributed by atoms with E-state index in [1.807, 2.05) is 6.92 Å². The molecule has 4 heteroatoms. The van der Waals surface area contributed by atoms with Gasteiger partial charge < -0.3 is 10.2 Å². The van der Waals surface area contributed by atoms with Crippen LogP contribution in [0.15, 0.2) is 18.2 Å². The number of rotatable bonds is 8. The zero-order valence-corrected chi connectivity index (χ0v) is 12.3. The summed E-state index contributed by atoms with van der Waals surface area (Å²) in [6.07, 6.45) is 3.35. The summed E-state index contributed by atoms with van der Waals surface area (Å²) in [6, 6.07) is 5.02. The first-order valence-corrected chi connectivity index (χ1v) is 7.58. The van der Waals surface area contributed by atoms with Gasteiger partial charge in [0.05, 0.1) is 0 Å². The molecule has 0 radical (unpaired) electrons. The lowest BCUT2D eigenvalue weighted by Crippen LogP contribution is -2.31. The van der Waals surface area contributed by atoms with Gasteiger partial charge in [-0.05, 0) is 38.4 Å². The van der Waals surface area contributed by atoms with E-state index in [2.05, 4.69) is 17.1 Å². The van der Waals surface area contributed by atoms with E-state index in [1.165, 1.54) is 18.9 Å². The van der Waals surface area contributed by atoms with Crippen molar-refractivity contribution in [3.8, 4) is 0 Å². The highest BCUT2D eigenvalue weighted by molar-refractivity contribution is 5.22. The van der Waals surface area contributed by atoms with Crippen LogP contribution in [-0.2, 0) is 0 Å². The smallest absolute Gasteiger partial charge is 0.163 e. The van der Waals surface area contributed by atoms with Gasteiger partial charge in [-0.25, -0.2) is 8.78 Å². The summed E-state index contributed by atoms with van der Waals surface area (Å²) in [5.41, 5.74) is 0.443. The summed E-state index contributed by atoms with van der Waals surface area (Å²) in [5.74, 6) is -1.48. The predicted octanol–water partition coefficient (Wildman–Crippen LogP) is 3.49. The Morgan fingerprint density at radius 1 is 1.30 bits per heavy atom. The zero-order valence-electron chi connectivity index (χ0n) is 12.3. The molecule has 1 N–H and O–H groups in total. The van der Waals surface area contributed by atoms with E-state index < -0.39 is 11.6 Å². The molecule has 112 valence electrons. The van der Waals surface area contributed by atoms with Crippen molar-refractivity contribution < 1.29 is 8.78 Å². The summed E-state index contributed by atoms with van der Waals surface area (Å²) >= 11 is 0. The van der Waals surface area contributed by atoms with E-state index in [9.17, 15) is 8.78 Å². The minimum absolute atomic E-state index is 0.122. The van der Waals surface area contributed by atoms with Gasteiger partial charge in [0.2, 0.25) is 0 Å². The summed E-state index contributed by atoms with van der Waals surface area (Å²) in [4.78, 5) is 2.43. The van der Waals surface area contributed by atoms with Crippen LogP contribution in [-0.4, -0.2) is 30.6 Å². The molecule has 0 saturated heterocycles. The maximum absolute atomic E-state index is 13.9. The fraction of sp³-hybridized carbons (Fsp3) is 0.625. The van der Waals surface area contributed by atoms with Crippen molar-refractivity contribution in [2.24, 2.45) is 0 Å². The van der Waals surface area contributed by atoms with Gasteiger partial charge in [0, 0.05) is 24.2 Å². The van der Waals surface area contributed by atoms with E-state index >= 15 is 0 Å². The first kappa shape index (κ1) is 15.4. The number of nitrogens with one attached hydrogen (secondary N) is 1. The molecule has 1 fully saturated rings. The molecule has 1 atom stereocenters. The van der Waals surface area contributed by atoms with Gasteiger partial charge in [0.1, 0.15) is 0 Å². The molecule has 2 rings (SSSR count). The van der Waals surface area contributed by atoms with Gasteiger partial charge in [-0.3, -0.25) is 0 Å². The lowest BCUT2D eigenvalue weighted by atomic mass is 10.0. The maximum Gasteiger partial charge on any atom is 0.163 e. The monoisotopic (exact) mass is 282 g/mol. The van der Waals surface area contributed by atoms with Gasteiger partial charge in [-0.1, -0.05) is 26.0 Å². The Morgan fingerprint density at radius 2 is 2.05 bits per heavy atom. The van der Waals surface area contributed by atoms with Crippen LogP contribution in [0.4, 0.5) is 8.78 Å². The fourth-order valence-corrected chi connectivity index (χ4v) is 2.74. The third kappa shape index (κ3) is 3.76. The highest BCUT2D eigenvalue weighted by Crippen LogP contribution is 2.28. The second-order valence-electron chi connectivity index (χ2n) is 5.40. The molecular formula is C16H24F2N2. The minimum atomic E-state index is -0.764.